The molecule has 4 heterocycles. The fraction of sp³-hybridized carbons (Fsp3) is 0.318. The first-order valence-electron chi connectivity index (χ1n) is 17.5. The summed E-state index contributed by atoms with van der Waals surface area (Å²) in [6, 6.07) is 31.4. The molecule has 0 amide bonds. The Hall–Kier alpha value is -4.70. The van der Waals surface area contributed by atoms with Crippen molar-refractivity contribution in [3.8, 4) is 0 Å². The average molecular weight is 631 g/mol. The topological polar surface area (TPSA) is 34.6 Å². The number of pyridine rings is 2. The predicted octanol–water partition coefficient (Wildman–Crippen LogP) is 11.7. The molecule has 0 aliphatic carbocycles. The Balaban J connectivity index is 1.24. The maximum Gasteiger partial charge on any atom is 0.145 e. The summed E-state index contributed by atoms with van der Waals surface area (Å²) in [5, 5.41) is 7.49. The van der Waals surface area contributed by atoms with E-state index in [0.717, 1.165) is 35.5 Å². The maximum absolute atomic E-state index is 5.34. The predicted molar refractivity (Wildman–Crippen MR) is 204 cm³/mol. The van der Waals surface area contributed by atoms with Crippen molar-refractivity contribution >= 4 is 54.6 Å². The molecule has 0 saturated heterocycles. The van der Waals surface area contributed by atoms with Crippen LogP contribution in [0.4, 0.5) is 0 Å². The van der Waals surface area contributed by atoms with E-state index in [1.54, 1.807) is 0 Å². The Morgan fingerprint density at radius 1 is 0.500 bits per heavy atom. The molecule has 4 heteroatoms. The van der Waals surface area contributed by atoms with Crippen molar-refractivity contribution in [2.24, 2.45) is 10.8 Å². The number of hydrogen-bond donors (Lipinski definition) is 0. The second kappa shape index (κ2) is 10.9. The summed E-state index contributed by atoms with van der Waals surface area (Å²) in [7, 11) is 0. The van der Waals surface area contributed by atoms with Crippen LogP contribution in [-0.2, 0) is 12.8 Å². The third-order valence-corrected chi connectivity index (χ3v) is 10.2. The number of aromatic nitrogens is 4. The lowest BCUT2D eigenvalue weighted by atomic mass is 9.87. The number of rotatable bonds is 5. The maximum atomic E-state index is 5.34. The highest BCUT2D eigenvalue weighted by atomic mass is 15.0. The van der Waals surface area contributed by atoms with Gasteiger partial charge in [-0.05, 0) is 69.8 Å². The van der Waals surface area contributed by atoms with Gasteiger partial charge in [0.15, 0.2) is 0 Å². The number of benzene rings is 4. The van der Waals surface area contributed by atoms with Crippen LogP contribution in [0.15, 0.2) is 97.3 Å². The van der Waals surface area contributed by atoms with Gasteiger partial charge in [-0.3, -0.25) is 8.80 Å². The van der Waals surface area contributed by atoms with E-state index in [-0.39, 0.29) is 22.7 Å². The van der Waals surface area contributed by atoms with Crippen molar-refractivity contribution in [2.45, 2.75) is 80.1 Å². The quantitative estimate of drug-likeness (QED) is 0.177. The third kappa shape index (κ3) is 5.23. The Morgan fingerprint density at radius 2 is 0.875 bits per heavy atom. The molecule has 48 heavy (non-hydrogen) atoms. The Labute approximate surface area is 283 Å². The molecular formula is C44H46N4. The van der Waals surface area contributed by atoms with Crippen LogP contribution in [0.25, 0.3) is 54.6 Å². The van der Waals surface area contributed by atoms with E-state index >= 15 is 0 Å². The van der Waals surface area contributed by atoms with E-state index in [4.69, 9.17) is 9.97 Å². The number of fused-ring (bicyclic) bond motifs is 12. The van der Waals surface area contributed by atoms with Crippen LogP contribution < -0.4 is 0 Å². The molecule has 0 saturated carbocycles. The minimum Gasteiger partial charge on any atom is -0.299 e. The standard InChI is InChI=1S/C44H46N4/c1-27(37-25-47-39-19-17-29(23-43(3,4)5)21-35(39)31-13-9-11-15-33(31)41(47)45-37)28(2)38-26-48-40-20-18-30(24-44(6,7)8)22-36(40)32-14-10-12-16-34(32)42(48)46-38/h9-22,25-28H,23-24H2,1-8H3. The molecule has 0 spiro atoms. The molecular weight excluding hydrogens is 585 g/mol. The van der Waals surface area contributed by atoms with Gasteiger partial charge in [-0.25, -0.2) is 9.97 Å². The SMILES string of the molecule is CC(c1cn2c3ccc(CC(C)(C)C)cc3c3ccccc3c2n1)C(C)c1cn2c3ccc(CC(C)(C)C)cc3c3ccccc3c2n1. The summed E-state index contributed by atoms with van der Waals surface area (Å²) >= 11 is 0. The average Bonchev–Trinajstić information content (AvgIpc) is 3.69. The Kier molecular flexibility index (Phi) is 6.96. The smallest absolute Gasteiger partial charge is 0.145 e. The number of hydrogen-bond acceptors (Lipinski definition) is 2. The molecule has 4 nitrogen and oxygen atoms in total. The first-order valence-corrected chi connectivity index (χ1v) is 17.5. The van der Waals surface area contributed by atoms with Gasteiger partial charge in [0, 0.05) is 45.8 Å². The van der Waals surface area contributed by atoms with Gasteiger partial charge in [0.05, 0.1) is 22.4 Å². The van der Waals surface area contributed by atoms with Crippen LogP contribution in [0.3, 0.4) is 0 Å². The monoisotopic (exact) mass is 630 g/mol. The fourth-order valence-electron chi connectivity index (χ4n) is 7.78. The molecule has 0 aliphatic rings. The highest BCUT2D eigenvalue weighted by molar-refractivity contribution is 6.13. The lowest BCUT2D eigenvalue weighted by molar-refractivity contribution is 0.411. The van der Waals surface area contributed by atoms with Gasteiger partial charge in [-0.1, -0.05) is 116 Å². The molecule has 0 aliphatic heterocycles. The highest BCUT2D eigenvalue weighted by Gasteiger charge is 2.24. The minimum atomic E-state index is 0.166. The molecule has 8 rings (SSSR count). The molecule has 2 unspecified atom stereocenters. The van der Waals surface area contributed by atoms with Crippen molar-refractivity contribution in [1.82, 2.24) is 18.8 Å². The van der Waals surface area contributed by atoms with Crippen LogP contribution in [0.2, 0.25) is 0 Å². The highest BCUT2D eigenvalue weighted by Crippen LogP contribution is 2.38. The van der Waals surface area contributed by atoms with Crippen molar-refractivity contribution < 1.29 is 0 Å². The van der Waals surface area contributed by atoms with Gasteiger partial charge in [0.2, 0.25) is 0 Å². The summed E-state index contributed by atoms with van der Waals surface area (Å²) < 4.78 is 4.63. The Morgan fingerprint density at radius 3 is 1.25 bits per heavy atom. The molecule has 4 aromatic carbocycles. The van der Waals surface area contributed by atoms with E-state index in [9.17, 15) is 0 Å². The molecule has 8 aromatic rings. The van der Waals surface area contributed by atoms with Gasteiger partial charge < -0.3 is 0 Å². The third-order valence-electron chi connectivity index (χ3n) is 10.2. The van der Waals surface area contributed by atoms with Crippen LogP contribution in [0.5, 0.6) is 0 Å². The van der Waals surface area contributed by atoms with Crippen molar-refractivity contribution in [3.63, 3.8) is 0 Å². The summed E-state index contributed by atoms with van der Waals surface area (Å²) in [4.78, 5) is 10.7. The molecule has 0 N–H and O–H groups in total. The molecule has 0 radical (unpaired) electrons. The first-order chi connectivity index (χ1) is 22.8. The van der Waals surface area contributed by atoms with Crippen LogP contribution >= 0.6 is 0 Å². The summed E-state index contributed by atoms with van der Waals surface area (Å²) in [5.74, 6) is 0.333. The largest absolute Gasteiger partial charge is 0.299 e. The van der Waals surface area contributed by atoms with Crippen molar-refractivity contribution in [2.75, 3.05) is 0 Å². The van der Waals surface area contributed by atoms with Gasteiger partial charge >= 0.3 is 0 Å². The van der Waals surface area contributed by atoms with Gasteiger partial charge in [0.1, 0.15) is 11.3 Å². The van der Waals surface area contributed by atoms with Crippen LogP contribution in [0.1, 0.15) is 89.7 Å². The second-order valence-electron chi connectivity index (χ2n) is 16.6. The fourth-order valence-corrected chi connectivity index (χ4v) is 7.78. The second-order valence-corrected chi connectivity index (χ2v) is 16.6. The zero-order valence-electron chi connectivity index (χ0n) is 29.6. The van der Waals surface area contributed by atoms with E-state index in [2.05, 4.69) is 162 Å². The zero-order valence-corrected chi connectivity index (χ0v) is 29.6. The molecule has 242 valence electrons. The van der Waals surface area contributed by atoms with E-state index in [0.29, 0.717) is 0 Å². The van der Waals surface area contributed by atoms with Gasteiger partial charge in [-0.2, -0.15) is 0 Å². The normalized spacial score (nSPS) is 14.2. The van der Waals surface area contributed by atoms with Crippen LogP contribution in [-0.4, -0.2) is 18.8 Å². The molecule has 4 aromatic heterocycles. The lowest BCUT2D eigenvalue weighted by Crippen LogP contribution is -2.09. The molecule has 2 atom stereocenters. The van der Waals surface area contributed by atoms with Crippen LogP contribution in [0, 0.1) is 10.8 Å². The Bertz CT molecular complexity index is 2340. The van der Waals surface area contributed by atoms with Crippen molar-refractivity contribution in [3.05, 3.63) is 120 Å². The number of imidazole rings is 2. The number of nitrogens with zero attached hydrogens (tertiary/aromatic N) is 4. The molecule has 0 fully saturated rings. The van der Waals surface area contributed by atoms with E-state index in [1.807, 2.05) is 0 Å². The minimum absolute atomic E-state index is 0.166. The van der Waals surface area contributed by atoms with E-state index in [1.165, 1.54) is 54.5 Å². The summed E-state index contributed by atoms with van der Waals surface area (Å²) in [5.41, 5.74) is 9.85. The van der Waals surface area contributed by atoms with Gasteiger partial charge in [0.25, 0.3) is 0 Å². The zero-order chi connectivity index (χ0) is 33.5. The summed E-state index contributed by atoms with van der Waals surface area (Å²) in [6.07, 6.45) is 6.62. The summed E-state index contributed by atoms with van der Waals surface area (Å²) in [6.45, 7) is 18.4. The van der Waals surface area contributed by atoms with Gasteiger partial charge in [-0.15, -0.1) is 0 Å². The van der Waals surface area contributed by atoms with E-state index < -0.39 is 0 Å². The molecule has 0 bridgehead atoms. The van der Waals surface area contributed by atoms with Crippen molar-refractivity contribution in [1.29, 1.82) is 0 Å². The lowest BCUT2D eigenvalue weighted by Gasteiger charge is -2.19. The first kappa shape index (κ1) is 30.6.